The lowest BCUT2D eigenvalue weighted by Gasteiger charge is -2.31. The van der Waals surface area contributed by atoms with Gasteiger partial charge in [-0.15, -0.1) is 0 Å². The number of piperazine rings is 1. The Balaban J connectivity index is 2.11. The minimum Gasteiger partial charge on any atom is -0.349 e. The van der Waals surface area contributed by atoms with E-state index in [1.165, 1.54) is 0 Å². The third-order valence-electron chi connectivity index (χ3n) is 2.82. The molecule has 1 heterocycles. The summed E-state index contributed by atoms with van der Waals surface area (Å²) in [5, 5.41) is 3.41. The molecule has 88 valence electrons. The normalized spacial score (nSPS) is 22.7. The summed E-state index contributed by atoms with van der Waals surface area (Å²) in [6.07, 6.45) is 1.65. The van der Waals surface area contributed by atoms with Gasteiger partial charge in [-0.25, -0.2) is 0 Å². The summed E-state index contributed by atoms with van der Waals surface area (Å²) in [7, 11) is 3.63. The molecule has 1 fully saturated rings. The maximum absolute atomic E-state index is 11.3. The first kappa shape index (κ1) is 12.5. The molecule has 0 spiro atoms. The maximum Gasteiger partial charge on any atom is 0.222 e. The summed E-state index contributed by atoms with van der Waals surface area (Å²) >= 11 is 0. The molecule has 4 nitrogen and oxygen atoms in total. The van der Waals surface area contributed by atoms with E-state index >= 15 is 0 Å². The lowest BCUT2D eigenvalue weighted by atomic mass is 10.2. The van der Waals surface area contributed by atoms with Crippen LogP contribution in [0.2, 0.25) is 0 Å². The highest BCUT2D eigenvalue weighted by Crippen LogP contribution is 2.02. The summed E-state index contributed by atoms with van der Waals surface area (Å²) in [5.41, 5.74) is 0. The van der Waals surface area contributed by atoms with Crippen LogP contribution in [0.25, 0.3) is 0 Å². The Bertz CT molecular complexity index is 206. The highest BCUT2D eigenvalue weighted by molar-refractivity contribution is 5.75. The van der Waals surface area contributed by atoms with Gasteiger partial charge in [-0.1, -0.05) is 0 Å². The predicted octanol–water partition coefficient (Wildman–Crippen LogP) is 0.149. The van der Waals surface area contributed by atoms with Gasteiger partial charge >= 0.3 is 0 Å². The second-order valence-corrected chi connectivity index (χ2v) is 4.55. The van der Waals surface area contributed by atoms with E-state index < -0.39 is 0 Å². The zero-order chi connectivity index (χ0) is 11.3. The fourth-order valence-corrected chi connectivity index (χ4v) is 1.89. The predicted molar refractivity (Wildman–Crippen MR) is 61.8 cm³/mol. The van der Waals surface area contributed by atoms with Crippen LogP contribution in [0, 0.1) is 0 Å². The molecular weight excluding hydrogens is 190 g/mol. The summed E-state index contributed by atoms with van der Waals surface area (Å²) in [6, 6.07) is 0.586. The Hall–Kier alpha value is -0.610. The van der Waals surface area contributed by atoms with E-state index in [1.54, 1.807) is 4.90 Å². The lowest BCUT2D eigenvalue weighted by Crippen LogP contribution is -2.49. The number of hydrogen-bond acceptors (Lipinski definition) is 3. The highest BCUT2D eigenvalue weighted by atomic mass is 16.2. The highest BCUT2D eigenvalue weighted by Gasteiger charge is 2.15. The molecule has 1 aliphatic rings. The van der Waals surface area contributed by atoms with Crippen molar-refractivity contribution < 1.29 is 4.79 Å². The van der Waals surface area contributed by atoms with Crippen LogP contribution in [0.3, 0.4) is 0 Å². The van der Waals surface area contributed by atoms with Crippen LogP contribution in [-0.2, 0) is 4.79 Å². The number of amides is 1. The summed E-state index contributed by atoms with van der Waals surface area (Å²) < 4.78 is 0. The number of rotatable bonds is 4. The van der Waals surface area contributed by atoms with Crippen LogP contribution in [0.15, 0.2) is 0 Å². The third-order valence-corrected chi connectivity index (χ3v) is 2.82. The van der Waals surface area contributed by atoms with Gasteiger partial charge in [0.05, 0.1) is 0 Å². The lowest BCUT2D eigenvalue weighted by molar-refractivity contribution is -0.128. The van der Waals surface area contributed by atoms with Crippen molar-refractivity contribution in [3.05, 3.63) is 0 Å². The molecule has 0 aromatic carbocycles. The van der Waals surface area contributed by atoms with Crippen molar-refractivity contribution in [3.8, 4) is 0 Å². The van der Waals surface area contributed by atoms with Crippen LogP contribution in [0.1, 0.15) is 19.8 Å². The van der Waals surface area contributed by atoms with Crippen molar-refractivity contribution in [2.45, 2.75) is 25.8 Å². The Labute approximate surface area is 92.6 Å². The minimum atomic E-state index is 0.234. The molecule has 0 unspecified atom stereocenters. The molecule has 1 atom stereocenters. The monoisotopic (exact) mass is 213 g/mol. The van der Waals surface area contributed by atoms with E-state index in [2.05, 4.69) is 17.1 Å². The van der Waals surface area contributed by atoms with E-state index in [9.17, 15) is 4.79 Å². The van der Waals surface area contributed by atoms with E-state index in [4.69, 9.17) is 0 Å². The smallest absolute Gasteiger partial charge is 0.222 e. The van der Waals surface area contributed by atoms with E-state index in [0.29, 0.717) is 12.5 Å². The van der Waals surface area contributed by atoms with Gasteiger partial charge in [-0.2, -0.15) is 0 Å². The Morgan fingerprint density at radius 3 is 2.87 bits per heavy atom. The van der Waals surface area contributed by atoms with Crippen molar-refractivity contribution in [3.63, 3.8) is 0 Å². The van der Waals surface area contributed by atoms with Crippen LogP contribution in [0.5, 0.6) is 0 Å². The first-order valence-corrected chi connectivity index (χ1v) is 5.75. The van der Waals surface area contributed by atoms with Crippen LogP contribution in [0.4, 0.5) is 0 Å². The first-order valence-electron chi connectivity index (χ1n) is 5.75. The van der Waals surface area contributed by atoms with Gasteiger partial charge in [0.2, 0.25) is 5.91 Å². The molecule has 1 N–H and O–H groups in total. The molecule has 0 aromatic rings. The molecule has 0 bridgehead atoms. The third kappa shape index (κ3) is 4.62. The van der Waals surface area contributed by atoms with Gasteiger partial charge in [0.1, 0.15) is 0 Å². The molecule has 0 aromatic heterocycles. The molecule has 0 aliphatic carbocycles. The minimum absolute atomic E-state index is 0.234. The van der Waals surface area contributed by atoms with Gasteiger partial charge in [0.15, 0.2) is 0 Å². The average Bonchev–Trinajstić information content (AvgIpc) is 2.17. The van der Waals surface area contributed by atoms with Crippen molar-refractivity contribution in [1.29, 1.82) is 0 Å². The molecule has 1 amide bonds. The summed E-state index contributed by atoms with van der Waals surface area (Å²) in [4.78, 5) is 15.4. The topological polar surface area (TPSA) is 35.6 Å². The molecule has 1 aliphatic heterocycles. The largest absolute Gasteiger partial charge is 0.349 e. The number of hydrogen-bond donors (Lipinski definition) is 1. The van der Waals surface area contributed by atoms with Crippen LogP contribution < -0.4 is 5.32 Å². The molecule has 0 radical (unpaired) electrons. The van der Waals surface area contributed by atoms with E-state index in [-0.39, 0.29) is 5.91 Å². The molecular formula is C11H23N3O. The molecule has 0 saturated carbocycles. The fourth-order valence-electron chi connectivity index (χ4n) is 1.89. The summed E-state index contributed by atoms with van der Waals surface area (Å²) in [6.45, 7) is 6.54. The van der Waals surface area contributed by atoms with Gasteiger partial charge in [0, 0.05) is 46.2 Å². The van der Waals surface area contributed by atoms with Crippen molar-refractivity contribution in [2.75, 3.05) is 40.3 Å². The summed E-state index contributed by atoms with van der Waals surface area (Å²) in [5.74, 6) is 0.234. The number of nitrogens with zero attached hydrogens (tertiary/aromatic N) is 2. The standard InChI is InChI=1S/C11H23N3O/c1-10-9-14(8-6-12-10)7-4-5-11(15)13(2)3/h10,12H,4-9H2,1-3H3/t10-/m1/s1. The zero-order valence-corrected chi connectivity index (χ0v) is 10.1. The SMILES string of the molecule is C[C@@H]1CN(CCCC(=O)N(C)C)CCN1. The van der Waals surface area contributed by atoms with Gasteiger partial charge in [-0.05, 0) is 19.9 Å². The second-order valence-electron chi connectivity index (χ2n) is 4.55. The second kappa shape index (κ2) is 6.08. The Kier molecular flexibility index (Phi) is 5.05. The Morgan fingerprint density at radius 1 is 1.53 bits per heavy atom. The quantitative estimate of drug-likeness (QED) is 0.722. The van der Waals surface area contributed by atoms with Gasteiger partial charge in [-0.3, -0.25) is 4.79 Å². The fraction of sp³-hybridized carbons (Fsp3) is 0.909. The van der Waals surface area contributed by atoms with Gasteiger partial charge in [0.25, 0.3) is 0 Å². The number of carbonyl (C=O) groups is 1. The van der Waals surface area contributed by atoms with E-state index in [1.807, 2.05) is 14.1 Å². The van der Waals surface area contributed by atoms with Crippen LogP contribution in [-0.4, -0.2) is 62.0 Å². The number of nitrogens with one attached hydrogen (secondary N) is 1. The molecule has 1 rings (SSSR count). The molecule has 1 saturated heterocycles. The van der Waals surface area contributed by atoms with E-state index in [0.717, 1.165) is 32.6 Å². The molecule has 15 heavy (non-hydrogen) atoms. The molecule has 4 heteroatoms. The van der Waals surface area contributed by atoms with Gasteiger partial charge < -0.3 is 15.1 Å². The van der Waals surface area contributed by atoms with Crippen molar-refractivity contribution in [1.82, 2.24) is 15.1 Å². The average molecular weight is 213 g/mol. The maximum atomic E-state index is 11.3. The number of carbonyl (C=O) groups excluding carboxylic acids is 1. The van der Waals surface area contributed by atoms with Crippen molar-refractivity contribution in [2.24, 2.45) is 0 Å². The van der Waals surface area contributed by atoms with Crippen molar-refractivity contribution >= 4 is 5.91 Å². The zero-order valence-electron chi connectivity index (χ0n) is 10.1. The van der Waals surface area contributed by atoms with Crippen LogP contribution >= 0.6 is 0 Å². The first-order chi connectivity index (χ1) is 7.09. The Morgan fingerprint density at radius 2 is 2.27 bits per heavy atom.